The van der Waals surface area contributed by atoms with Gasteiger partial charge in [0.15, 0.2) is 0 Å². The van der Waals surface area contributed by atoms with Gasteiger partial charge in [0.2, 0.25) is 0 Å². The molecule has 0 saturated heterocycles. The molecular weight excluding hydrogens is 349 g/mol. The van der Waals surface area contributed by atoms with Crippen molar-refractivity contribution in [2.75, 3.05) is 12.4 Å². The highest BCUT2D eigenvalue weighted by atomic mass is 79.9. The Morgan fingerprint density at radius 3 is 2.65 bits per heavy atom. The Kier molecular flexibility index (Phi) is 4.62. The van der Waals surface area contributed by atoms with Crippen molar-refractivity contribution in [3.8, 4) is 5.75 Å². The fourth-order valence-corrected chi connectivity index (χ4v) is 2.09. The molecule has 104 valence electrons. The number of hydrogen-bond acceptors (Lipinski definition) is 2. The van der Waals surface area contributed by atoms with Crippen LogP contribution < -0.4 is 10.1 Å². The van der Waals surface area contributed by atoms with Crippen LogP contribution in [0.25, 0.3) is 0 Å². The summed E-state index contributed by atoms with van der Waals surface area (Å²) in [7, 11) is 1.50. The lowest BCUT2D eigenvalue weighted by Gasteiger charge is -2.08. The van der Waals surface area contributed by atoms with Gasteiger partial charge in [-0.2, -0.15) is 0 Å². The average Bonchev–Trinajstić information content (AvgIpc) is 2.42. The van der Waals surface area contributed by atoms with Crippen LogP contribution in [-0.4, -0.2) is 13.0 Å². The zero-order valence-corrected chi connectivity index (χ0v) is 12.8. The van der Waals surface area contributed by atoms with E-state index in [1.807, 2.05) is 0 Å². The second kappa shape index (κ2) is 6.24. The summed E-state index contributed by atoms with van der Waals surface area (Å²) in [6.45, 7) is 0. The van der Waals surface area contributed by atoms with Gasteiger partial charge in [-0.3, -0.25) is 4.79 Å². The van der Waals surface area contributed by atoms with Crippen LogP contribution in [0.2, 0.25) is 5.02 Å². The number of ether oxygens (including phenoxy) is 1. The van der Waals surface area contributed by atoms with E-state index in [9.17, 15) is 9.18 Å². The van der Waals surface area contributed by atoms with E-state index >= 15 is 0 Å². The molecule has 20 heavy (non-hydrogen) atoms. The first kappa shape index (κ1) is 14.8. The summed E-state index contributed by atoms with van der Waals surface area (Å²) < 4.78 is 18.7. The number of halogens is 3. The van der Waals surface area contributed by atoms with Crippen molar-refractivity contribution in [2.45, 2.75) is 0 Å². The maximum Gasteiger partial charge on any atom is 0.255 e. The smallest absolute Gasteiger partial charge is 0.255 e. The van der Waals surface area contributed by atoms with Gasteiger partial charge in [-0.25, -0.2) is 4.39 Å². The van der Waals surface area contributed by atoms with Crippen LogP contribution in [0.3, 0.4) is 0 Å². The number of carbonyl (C=O) groups is 1. The number of carbonyl (C=O) groups excluding carboxylic acids is 1. The lowest BCUT2D eigenvalue weighted by molar-refractivity contribution is 0.102. The van der Waals surface area contributed by atoms with Crippen LogP contribution in [0.1, 0.15) is 10.4 Å². The molecular formula is C14H10BrClFNO2. The Labute approximate surface area is 128 Å². The fourth-order valence-electron chi connectivity index (χ4n) is 1.58. The summed E-state index contributed by atoms with van der Waals surface area (Å²) in [5.74, 6) is -0.401. The van der Waals surface area contributed by atoms with Crippen LogP contribution >= 0.6 is 27.5 Å². The maximum atomic E-state index is 13.4. The predicted octanol–water partition coefficient (Wildman–Crippen LogP) is 4.50. The molecule has 0 fully saturated rings. The molecule has 0 aromatic heterocycles. The molecule has 1 amide bonds. The van der Waals surface area contributed by atoms with Crippen LogP contribution in [0, 0.1) is 5.82 Å². The van der Waals surface area contributed by atoms with Crippen molar-refractivity contribution in [3.05, 3.63) is 57.3 Å². The topological polar surface area (TPSA) is 38.3 Å². The van der Waals surface area contributed by atoms with Crippen molar-refractivity contribution in [2.24, 2.45) is 0 Å². The Hall–Kier alpha value is -1.59. The molecule has 2 aromatic carbocycles. The molecule has 0 radical (unpaired) electrons. The summed E-state index contributed by atoms with van der Waals surface area (Å²) in [4.78, 5) is 12.0. The molecule has 0 aliphatic heterocycles. The Balaban J connectivity index is 2.19. The van der Waals surface area contributed by atoms with E-state index in [-0.39, 0.29) is 5.56 Å². The van der Waals surface area contributed by atoms with Crippen molar-refractivity contribution in [1.29, 1.82) is 0 Å². The summed E-state index contributed by atoms with van der Waals surface area (Å²) in [5.41, 5.74) is 0.724. The van der Waals surface area contributed by atoms with E-state index in [2.05, 4.69) is 21.2 Å². The van der Waals surface area contributed by atoms with Gasteiger partial charge in [-0.15, -0.1) is 0 Å². The van der Waals surface area contributed by atoms with Crippen molar-refractivity contribution < 1.29 is 13.9 Å². The van der Waals surface area contributed by atoms with Gasteiger partial charge >= 0.3 is 0 Å². The van der Waals surface area contributed by atoms with Crippen LogP contribution in [0.4, 0.5) is 10.1 Å². The molecule has 0 bridgehead atoms. The van der Waals surface area contributed by atoms with Gasteiger partial charge in [-0.1, -0.05) is 11.6 Å². The first-order chi connectivity index (χ1) is 9.51. The highest BCUT2D eigenvalue weighted by Gasteiger charge is 2.10. The van der Waals surface area contributed by atoms with E-state index < -0.39 is 11.7 Å². The van der Waals surface area contributed by atoms with Crippen LogP contribution in [0.15, 0.2) is 40.9 Å². The number of nitrogens with one attached hydrogen (secondary N) is 1. The highest BCUT2D eigenvalue weighted by molar-refractivity contribution is 9.10. The average molecular weight is 359 g/mol. The number of anilines is 1. The monoisotopic (exact) mass is 357 g/mol. The van der Waals surface area contributed by atoms with Gasteiger partial charge < -0.3 is 10.1 Å². The minimum absolute atomic E-state index is 0.220. The van der Waals surface area contributed by atoms with Crippen molar-refractivity contribution >= 4 is 39.1 Å². The zero-order valence-electron chi connectivity index (χ0n) is 10.4. The Morgan fingerprint density at radius 1 is 1.30 bits per heavy atom. The van der Waals surface area contributed by atoms with Gasteiger partial charge in [-0.05, 0) is 52.3 Å². The SMILES string of the molecule is COc1ccc(NC(=O)c2ccc(Br)c(F)c2)cc1Cl. The molecule has 0 aliphatic rings. The Morgan fingerprint density at radius 2 is 2.05 bits per heavy atom. The number of benzene rings is 2. The molecule has 2 rings (SSSR count). The quantitative estimate of drug-likeness (QED) is 0.877. The second-order valence-corrected chi connectivity index (χ2v) is 5.19. The van der Waals surface area contributed by atoms with E-state index in [1.165, 1.54) is 19.2 Å². The summed E-state index contributed by atoms with van der Waals surface area (Å²) >= 11 is 9.00. The van der Waals surface area contributed by atoms with Crippen LogP contribution in [-0.2, 0) is 0 Å². The molecule has 1 N–H and O–H groups in total. The molecule has 0 unspecified atom stereocenters. The summed E-state index contributed by atoms with van der Waals surface area (Å²) in [5, 5.41) is 3.02. The van der Waals surface area contributed by atoms with Crippen molar-refractivity contribution in [3.63, 3.8) is 0 Å². The third-order valence-electron chi connectivity index (χ3n) is 2.59. The van der Waals surface area contributed by atoms with Gasteiger partial charge in [0, 0.05) is 11.3 Å². The first-order valence-electron chi connectivity index (χ1n) is 5.61. The second-order valence-electron chi connectivity index (χ2n) is 3.93. The lowest BCUT2D eigenvalue weighted by atomic mass is 10.2. The number of methoxy groups -OCH3 is 1. The summed E-state index contributed by atoms with van der Waals surface area (Å²) in [6.07, 6.45) is 0. The number of rotatable bonds is 3. The van der Waals surface area contributed by atoms with Gasteiger partial charge in [0.1, 0.15) is 11.6 Å². The van der Waals surface area contributed by atoms with Gasteiger partial charge in [0.05, 0.1) is 16.6 Å². The number of hydrogen-bond donors (Lipinski definition) is 1. The lowest BCUT2D eigenvalue weighted by Crippen LogP contribution is -2.12. The Bertz CT molecular complexity index is 664. The molecule has 2 aromatic rings. The standard InChI is InChI=1S/C14H10BrClFNO2/c1-20-13-5-3-9(7-11(13)16)18-14(19)8-2-4-10(15)12(17)6-8/h2-7H,1H3,(H,18,19). The number of amides is 1. The molecule has 6 heteroatoms. The van der Waals surface area contributed by atoms with Crippen molar-refractivity contribution in [1.82, 2.24) is 0 Å². The molecule has 0 aliphatic carbocycles. The first-order valence-corrected chi connectivity index (χ1v) is 6.78. The normalized spacial score (nSPS) is 10.2. The van der Waals surface area contributed by atoms with E-state index in [4.69, 9.17) is 16.3 Å². The highest BCUT2D eigenvalue weighted by Crippen LogP contribution is 2.27. The fraction of sp³-hybridized carbons (Fsp3) is 0.0714. The predicted molar refractivity (Wildman–Crippen MR) is 80.1 cm³/mol. The minimum atomic E-state index is -0.495. The third kappa shape index (κ3) is 3.29. The molecule has 0 spiro atoms. The largest absolute Gasteiger partial charge is 0.495 e. The van der Waals surface area contributed by atoms with E-state index in [0.717, 1.165) is 6.07 Å². The molecule has 0 heterocycles. The molecule has 0 saturated carbocycles. The van der Waals surface area contributed by atoms with Crippen LogP contribution in [0.5, 0.6) is 5.75 Å². The molecule has 0 atom stereocenters. The third-order valence-corrected chi connectivity index (χ3v) is 3.53. The summed E-state index contributed by atoms with van der Waals surface area (Å²) in [6, 6.07) is 9.01. The van der Waals surface area contributed by atoms with E-state index in [1.54, 1.807) is 18.2 Å². The van der Waals surface area contributed by atoms with Gasteiger partial charge in [0.25, 0.3) is 5.91 Å². The maximum absolute atomic E-state index is 13.4. The van der Waals surface area contributed by atoms with E-state index in [0.29, 0.717) is 20.9 Å². The molecule has 3 nitrogen and oxygen atoms in total. The zero-order chi connectivity index (χ0) is 14.7. The minimum Gasteiger partial charge on any atom is -0.495 e.